The molecule has 0 bridgehead atoms. The molecule has 0 aromatic heterocycles. The van der Waals surface area contributed by atoms with Gasteiger partial charge in [0.05, 0.1) is 18.1 Å². The van der Waals surface area contributed by atoms with Crippen molar-refractivity contribution in [1.82, 2.24) is 0 Å². The molecule has 0 aliphatic carbocycles. The largest absolute Gasteiger partial charge is 0.492 e. The first kappa shape index (κ1) is 14.5. The van der Waals surface area contributed by atoms with E-state index in [1.807, 2.05) is 31.2 Å². The third kappa shape index (κ3) is 2.48. The number of hydrogen-bond acceptors (Lipinski definition) is 4. The maximum Gasteiger partial charge on any atom is 0.189 e. The van der Waals surface area contributed by atoms with Crippen LogP contribution in [0.4, 0.5) is 0 Å². The smallest absolute Gasteiger partial charge is 0.189 e. The van der Waals surface area contributed by atoms with Crippen LogP contribution in [0.25, 0.3) is 0 Å². The number of halogens is 1. The van der Waals surface area contributed by atoms with E-state index in [2.05, 4.69) is 0 Å². The van der Waals surface area contributed by atoms with Gasteiger partial charge in [0.1, 0.15) is 18.1 Å². The molecule has 4 rings (SSSR count). The summed E-state index contributed by atoms with van der Waals surface area (Å²) in [5.41, 5.74) is 3.30. The number of fused-ring (bicyclic) bond motifs is 2. The third-order valence-corrected chi connectivity index (χ3v) is 4.42. The molecule has 0 fully saturated rings. The molecule has 2 aliphatic rings. The summed E-state index contributed by atoms with van der Waals surface area (Å²) in [5.74, 6) is 0.950. The van der Waals surface area contributed by atoms with E-state index in [9.17, 15) is 4.79 Å². The summed E-state index contributed by atoms with van der Waals surface area (Å²) in [5, 5.41) is 0.565. The monoisotopic (exact) mass is 330 g/mol. The highest BCUT2D eigenvalue weighted by Gasteiger charge is 2.33. The van der Waals surface area contributed by atoms with Crippen LogP contribution in [0, 0.1) is 6.92 Å². The first-order chi connectivity index (χ1) is 11.1. The fraction of sp³-hybridized carbons (Fsp3) is 0.278. The molecule has 0 saturated carbocycles. The van der Waals surface area contributed by atoms with Gasteiger partial charge in [-0.2, -0.15) is 0 Å². The maximum atomic E-state index is 12.9. The van der Waals surface area contributed by atoms with Crippen LogP contribution in [0.2, 0.25) is 5.02 Å². The third-order valence-electron chi connectivity index (χ3n) is 4.20. The average Bonchev–Trinajstić information content (AvgIpc) is 2.54. The lowest BCUT2D eigenvalue weighted by Gasteiger charge is -2.28. The Bertz CT molecular complexity index is 800. The van der Waals surface area contributed by atoms with E-state index in [4.69, 9.17) is 25.8 Å². The van der Waals surface area contributed by atoms with Gasteiger partial charge in [-0.05, 0) is 36.8 Å². The van der Waals surface area contributed by atoms with Gasteiger partial charge in [-0.1, -0.05) is 17.7 Å². The molecule has 2 aromatic carbocycles. The lowest BCUT2D eigenvalue weighted by molar-refractivity contribution is -0.0174. The lowest BCUT2D eigenvalue weighted by Crippen LogP contribution is -2.27. The van der Waals surface area contributed by atoms with Gasteiger partial charge in [-0.25, -0.2) is 0 Å². The molecule has 0 N–H and O–H groups in total. The highest BCUT2D eigenvalue weighted by molar-refractivity contribution is 6.30. The summed E-state index contributed by atoms with van der Waals surface area (Å²) < 4.78 is 16.7. The first-order valence-corrected chi connectivity index (χ1v) is 7.82. The van der Waals surface area contributed by atoms with Gasteiger partial charge in [-0.3, -0.25) is 4.79 Å². The Hall–Kier alpha value is -2.04. The molecule has 0 radical (unpaired) electrons. The standard InChI is InChI=1S/C18H15ClO4/c1-10-2-3-13-16(4-10)22-8-15(17(13)20)14-6-12(19)5-11-7-21-9-23-18(11)14/h2-6,15H,7-9H2,1H3. The van der Waals surface area contributed by atoms with Gasteiger partial charge in [0, 0.05) is 16.1 Å². The molecule has 1 unspecified atom stereocenters. The minimum Gasteiger partial charge on any atom is -0.492 e. The van der Waals surface area contributed by atoms with Crippen LogP contribution in [0.3, 0.4) is 0 Å². The van der Waals surface area contributed by atoms with Gasteiger partial charge < -0.3 is 14.2 Å². The zero-order chi connectivity index (χ0) is 16.0. The van der Waals surface area contributed by atoms with Crippen molar-refractivity contribution >= 4 is 17.4 Å². The SMILES string of the molecule is Cc1ccc2c(c1)OCC(c1cc(Cl)cc3c1OCOC3)C2=O. The molecule has 1 atom stereocenters. The summed E-state index contributed by atoms with van der Waals surface area (Å²) >= 11 is 6.21. The van der Waals surface area contributed by atoms with E-state index in [1.54, 1.807) is 6.07 Å². The predicted octanol–water partition coefficient (Wildman–Crippen LogP) is 3.87. The van der Waals surface area contributed by atoms with E-state index in [0.717, 1.165) is 16.7 Å². The minimum atomic E-state index is -0.421. The van der Waals surface area contributed by atoms with Gasteiger partial charge >= 0.3 is 0 Å². The zero-order valence-electron chi connectivity index (χ0n) is 12.6. The fourth-order valence-electron chi connectivity index (χ4n) is 3.09. The van der Waals surface area contributed by atoms with Crippen molar-refractivity contribution in [3.05, 3.63) is 57.6 Å². The molecular formula is C18H15ClO4. The highest BCUT2D eigenvalue weighted by Crippen LogP contribution is 2.40. The Morgan fingerprint density at radius 1 is 1.17 bits per heavy atom. The molecule has 2 aromatic rings. The number of benzene rings is 2. The maximum absolute atomic E-state index is 12.9. The summed E-state index contributed by atoms with van der Waals surface area (Å²) in [6.07, 6.45) is 0. The quantitative estimate of drug-likeness (QED) is 0.796. The topological polar surface area (TPSA) is 44.8 Å². The van der Waals surface area contributed by atoms with Crippen molar-refractivity contribution < 1.29 is 19.0 Å². The van der Waals surface area contributed by atoms with Gasteiger partial charge in [0.2, 0.25) is 0 Å². The van der Waals surface area contributed by atoms with Crippen molar-refractivity contribution in [2.24, 2.45) is 0 Å². The summed E-state index contributed by atoms with van der Waals surface area (Å²) in [7, 11) is 0. The summed E-state index contributed by atoms with van der Waals surface area (Å²) in [6.45, 7) is 2.87. The Morgan fingerprint density at radius 2 is 2.04 bits per heavy atom. The predicted molar refractivity (Wildman–Crippen MR) is 85.5 cm³/mol. The van der Waals surface area contributed by atoms with E-state index in [1.165, 1.54) is 0 Å². The van der Waals surface area contributed by atoms with E-state index in [-0.39, 0.29) is 19.2 Å². The van der Waals surface area contributed by atoms with Crippen LogP contribution >= 0.6 is 11.6 Å². The number of rotatable bonds is 1. The number of Topliss-reactive ketones (excluding diaryl/α,β-unsaturated/α-hetero) is 1. The summed E-state index contributed by atoms with van der Waals surface area (Å²) in [6, 6.07) is 9.23. The Morgan fingerprint density at radius 3 is 2.91 bits per heavy atom. The second kappa shape index (κ2) is 5.55. The van der Waals surface area contributed by atoms with Gasteiger partial charge in [-0.15, -0.1) is 0 Å². The molecule has 5 heteroatoms. The van der Waals surface area contributed by atoms with Crippen molar-refractivity contribution in [2.45, 2.75) is 19.4 Å². The van der Waals surface area contributed by atoms with E-state index >= 15 is 0 Å². The first-order valence-electron chi connectivity index (χ1n) is 7.44. The van der Waals surface area contributed by atoms with E-state index < -0.39 is 5.92 Å². The molecule has 23 heavy (non-hydrogen) atoms. The second-order valence-corrected chi connectivity index (χ2v) is 6.26. The molecule has 2 heterocycles. The molecule has 4 nitrogen and oxygen atoms in total. The molecular weight excluding hydrogens is 316 g/mol. The van der Waals surface area contributed by atoms with Crippen molar-refractivity contribution in [1.29, 1.82) is 0 Å². The van der Waals surface area contributed by atoms with Crippen molar-refractivity contribution in [3.8, 4) is 11.5 Å². The molecule has 0 spiro atoms. The van der Waals surface area contributed by atoms with Gasteiger partial charge in [0.15, 0.2) is 12.6 Å². The average molecular weight is 331 g/mol. The molecule has 118 valence electrons. The summed E-state index contributed by atoms with van der Waals surface area (Å²) in [4.78, 5) is 12.9. The number of carbonyl (C=O) groups is 1. The Labute approximate surface area is 138 Å². The fourth-order valence-corrected chi connectivity index (χ4v) is 3.34. The van der Waals surface area contributed by atoms with Gasteiger partial charge in [0.25, 0.3) is 0 Å². The highest BCUT2D eigenvalue weighted by atomic mass is 35.5. The molecule has 0 amide bonds. The van der Waals surface area contributed by atoms with Crippen LogP contribution in [-0.4, -0.2) is 19.2 Å². The molecule has 0 saturated heterocycles. The van der Waals surface area contributed by atoms with Crippen LogP contribution in [0.5, 0.6) is 11.5 Å². The lowest BCUT2D eigenvalue weighted by atomic mass is 9.87. The van der Waals surface area contributed by atoms with Crippen LogP contribution in [0.1, 0.15) is 33.0 Å². The Balaban J connectivity index is 1.79. The minimum absolute atomic E-state index is 0.0332. The number of hydrogen-bond donors (Lipinski definition) is 0. The second-order valence-electron chi connectivity index (χ2n) is 5.82. The number of ether oxygens (including phenoxy) is 3. The normalized spacial score (nSPS) is 19.4. The molecule has 2 aliphatic heterocycles. The van der Waals surface area contributed by atoms with Crippen LogP contribution in [-0.2, 0) is 11.3 Å². The van der Waals surface area contributed by atoms with Crippen LogP contribution < -0.4 is 9.47 Å². The number of aryl methyl sites for hydroxylation is 1. The Kier molecular flexibility index (Phi) is 3.51. The van der Waals surface area contributed by atoms with Crippen molar-refractivity contribution in [3.63, 3.8) is 0 Å². The number of carbonyl (C=O) groups excluding carboxylic acids is 1. The van der Waals surface area contributed by atoms with Crippen LogP contribution in [0.15, 0.2) is 30.3 Å². The zero-order valence-corrected chi connectivity index (χ0v) is 13.4. The number of ketones is 1. The van der Waals surface area contributed by atoms with Crippen molar-refractivity contribution in [2.75, 3.05) is 13.4 Å². The van der Waals surface area contributed by atoms with E-state index in [0.29, 0.717) is 28.7 Å².